The van der Waals surface area contributed by atoms with Gasteiger partial charge in [0.25, 0.3) is 0 Å². The highest BCUT2D eigenvalue weighted by Gasteiger charge is 2.25. The van der Waals surface area contributed by atoms with Gasteiger partial charge in [-0.15, -0.1) is 23.1 Å². The molecule has 3 aromatic rings. The molecule has 0 saturated heterocycles. The molecule has 4 nitrogen and oxygen atoms in total. The number of rotatable bonds is 5. The summed E-state index contributed by atoms with van der Waals surface area (Å²) in [5, 5.41) is 7.60. The Morgan fingerprint density at radius 3 is 2.30 bits per heavy atom. The normalized spacial score (nSPS) is 11.5. The number of nitrogen functional groups attached to an aromatic ring is 1. The van der Waals surface area contributed by atoms with E-state index in [0.717, 1.165) is 22.3 Å². The molecule has 0 aliphatic heterocycles. The van der Waals surface area contributed by atoms with Crippen molar-refractivity contribution in [3.05, 3.63) is 64.5 Å². The second kappa shape index (κ2) is 7.50. The van der Waals surface area contributed by atoms with Gasteiger partial charge < -0.3 is 5.73 Å². The third-order valence-electron chi connectivity index (χ3n) is 4.11. The maximum Gasteiger partial charge on any atom is 0.208 e. The Balaban J connectivity index is 2.13. The molecule has 0 radical (unpaired) electrons. The molecule has 0 aliphatic carbocycles. The van der Waals surface area contributed by atoms with E-state index >= 15 is 0 Å². The zero-order valence-corrected chi connectivity index (χ0v) is 17.7. The molecule has 140 valence electrons. The van der Waals surface area contributed by atoms with E-state index < -0.39 is 9.84 Å². The molecule has 3 N–H and O–H groups in total. The lowest BCUT2D eigenvalue weighted by Gasteiger charge is -2.09. The molecule has 0 atom stereocenters. The van der Waals surface area contributed by atoms with Crippen molar-refractivity contribution in [3.63, 3.8) is 0 Å². The number of nitrogens with two attached hydrogens (primary N) is 1. The lowest BCUT2D eigenvalue weighted by atomic mass is 10.0. The number of hydrogen-bond acceptors (Lipinski definition) is 5. The molecule has 0 amide bonds. The van der Waals surface area contributed by atoms with E-state index in [0.29, 0.717) is 9.09 Å². The maximum atomic E-state index is 13.2. The van der Waals surface area contributed by atoms with Crippen LogP contribution in [0.1, 0.15) is 16.0 Å². The van der Waals surface area contributed by atoms with Gasteiger partial charge in [-0.3, -0.25) is 5.41 Å². The van der Waals surface area contributed by atoms with Crippen molar-refractivity contribution in [2.45, 2.75) is 27.8 Å². The number of thiophene rings is 1. The van der Waals surface area contributed by atoms with Crippen LogP contribution < -0.4 is 5.73 Å². The molecule has 0 saturated carbocycles. The number of nitrogens with one attached hydrogen (secondary N) is 1. The standard InChI is InChI=1S/C20H20N2O2S3/c1-12-7-13(2)9-15(8-12)14-5-4-6-16(10-14)27(23,24)18-11-17(19(21)22)26-20(18)25-3/h4-11H,1-3H3,(H3,21,22). The lowest BCUT2D eigenvalue weighted by molar-refractivity contribution is 0.595. The fourth-order valence-corrected chi connectivity index (χ4v) is 6.83. The Hall–Kier alpha value is -2.09. The summed E-state index contributed by atoms with van der Waals surface area (Å²) >= 11 is 2.57. The van der Waals surface area contributed by atoms with Crippen LogP contribution in [0.3, 0.4) is 0 Å². The van der Waals surface area contributed by atoms with Gasteiger partial charge in [-0.1, -0.05) is 41.5 Å². The van der Waals surface area contributed by atoms with Gasteiger partial charge in [-0.25, -0.2) is 8.42 Å². The second-order valence-corrected chi connectivity index (χ2v) is 10.3. The third-order valence-corrected chi connectivity index (χ3v) is 8.44. The Bertz CT molecular complexity index is 1110. The van der Waals surface area contributed by atoms with Crippen LogP contribution >= 0.6 is 23.1 Å². The molecular weight excluding hydrogens is 396 g/mol. The summed E-state index contributed by atoms with van der Waals surface area (Å²) < 4.78 is 27.1. The molecular formula is C20H20N2O2S3. The number of hydrogen-bond donors (Lipinski definition) is 2. The van der Waals surface area contributed by atoms with Crippen molar-refractivity contribution >= 4 is 38.8 Å². The van der Waals surface area contributed by atoms with Crippen LogP contribution in [0.15, 0.2) is 62.5 Å². The van der Waals surface area contributed by atoms with E-state index in [-0.39, 0.29) is 15.6 Å². The molecule has 0 unspecified atom stereocenters. The van der Waals surface area contributed by atoms with E-state index in [1.807, 2.05) is 38.3 Å². The van der Waals surface area contributed by atoms with Crippen LogP contribution in [-0.2, 0) is 9.84 Å². The van der Waals surface area contributed by atoms with Gasteiger partial charge in [-0.05, 0) is 49.4 Å². The van der Waals surface area contributed by atoms with Gasteiger partial charge in [0.1, 0.15) is 5.84 Å². The van der Waals surface area contributed by atoms with Crippen molar-refractivity contribution in [2.24, 2.45) is 5.73 Å². The topological polar surface area (TPSA) is 84.0 Å². The molecule has 0 spiro atoms. The molecule has 7 heteroatoms. The van der Waals surface area contributed by atoms with Crippen molar-refractivity contribution in [1.29, 1.82) is 5.41 Å². The van der Waals surface area contributed by atoms with E-state index in [2.05, 4.69) is 6.07 Å². The zero-order valence-electron chi connectivity index (χ0n) is 15.2. The predicted molar refractivity (Wildman–Crippen MR) is 114 cm³/mol. The van der Waals surface area contributed by atoms with E-state index in [1.54, 1.807) is 18.2 Å². The minimum Gasteiger partial charge on any atom is -0.383 e. The summed E-state index contributed by atoms with van der Waals surface area (Å²) in [5.74, 6) is -0.124. The van der Waals surface area contributed by atoms with E-state index in [4.69, 9.17) is 11.1 Å². The van der Waals surface area contributed by atoms with Crippen LogP contribution in [0.4, 0.5) is 0 Å². The molecule has 3 rings (SSSR count). The number of amidine groups is 1. The fourth-order valence-electron chi connectivity index (χ4n) is 2.93. The molecule has 0 bridgehead atoms. The smallest absolute Gasteiger partial charge is 0.208 e. The Kier molecular flexibility index (Phi) is 5.46. The highest BCUT2D eigenvalue weighted by molar-refractivity contribution is 8.01. The average Bonchev–Trinajstić information content (AvgIpc) is 3.06. The van der Waals surface area contributed by atoms with Gasteiger partial charge in [0, 0.05) is 0 Å². The first-order valence-corrected chi connectivity index (χ1v) is 11.7. The molecule has 0 fully saturated rings. The van der Waals surface area contributed by atoms with Crippen LogP contribution in [0.5, 0.6) is 0 Å². The molecule has 0 aliphatic rings. The van der Waals surface area contributed by atoms with Gasteiger partial charge in [0.2, 0.25) is 9.84 Å². The summed E-state index contributed by atoms with van der Waals surface area (Å²) in [6.45, 7) is 4.05. The first-order chi connectivity index (χ1) is 12.7. The van der Waals surface area contributed by atoms with Crippen LogP contribution in [0, 0.1) is 19.3 Å². The molecule has 1 heterocycles. The SMILES string of the molecule is CSc1sc(C(=N)N)cc1S(=O)(=O)c1cccc(-c2cc(C)cc(C)c2)c1. The summed E-state index contributed by atoms with van der Waals surface area (Å²) in [7, 11) is -3.71. The van der Waals surface area contributed by atoms with Crippen LogP contribution in [0.2, 0.25) is 0 Å². The van der Waals surface area contributed by atoms with E-state index in [1.165, 1.54) is 29.2 Å². The molecule has 2 aromatic carbocycles. The Morgan fingerprint density at radius 1 is 1.04 bits per heavy atom. The fraction of sp³-hybridized carbons (Fsp3) is 0.150. The van der Waals surface area contributed by atoms with Gasteiger partial charge in [-0.2, -0.15) is 0 Å². The Labute approximate surface area is 167 Å². The summed E-state index contributed by atoms with van der Waals surface area (Å²) in [6.07, 6.45) is 1.82. The van der Waals surface area contributed by atoms with Crippen molar-refractivity contribution in [3.8, 4) is 11.1 Å². The van der Waals surface area contributed by atoms with Crippen LogP contribution in [-0.4, -0.2) is 20.5 Å². The van der Waals surface area contributed by atoms with Crippen molar-refractivity contribution in [2.75, 3.05) is 6.26 Å². The first kappa shape index (κ1) is 19.7. The highest BCUT2D eigenvalue weighted by Crippen LogP contribution is 2.37. The number of benzene rings is 2. The summed E-state index contributed by atoms with van der Waals surface area (Å²) in [5.41, 5.74) is 9.66. The number of thioether (sulfide) groups is 1. The third kappa shape index (κ3) is 3.95. The van der Waals surface area contributed by atoms with Crippen molar-refractivity contribution in [1.82, 2.24) is 0 Å². The molecule has 1 aromatic heterocycles. The second-order valence-electron chi connectivity index (χ2n) is 6.29. The van der Waals surface area contributed by atoms with Gasteiger partial charge in [0.15, 0.2) is 0 Å². The van der Waals surface area contributed by atoms with E-state index in [9.17, 15) is 8.42 Å². The number of sulfone groups is 1. The quantitative estimate of drug-likeness (QED) is 0.353. The first-order valence-electron chi connectivity index (χ1n) is 8.18. The number of aryl methyl sites for hydroxylation is 2. The minimum atomic E-state index is -3.71. The Morgan fingerprint density at radius 2 is 1.70 bits per heavy atom. The monoisotopic (exact) mass is 416 g/mol. The largest absolute Gasteiger partial charge is 0.383 e. The lowest BCUT2D eigenvalue weighted by Crippen LogP contribution is -2.08. The van der Waals surface area contributed by atoms with Crippen LogP contribution in [0.25, 0.3) is 11.1 Å². The zero-order chi connectivity index (χ0) is 19.8. The average molecular weight is 417 g/mol. The highest BCUT2D eigenvalue weighted by atomic mass is 32.2. The minimum absolute atomic E-state index is 0.124. The van der Waals surface area contributed by atoms with Gasteiger partial charge in [0.05, 0.1) is 18.9 Å². The van der Waals surface area contributed by atoms with Gasteiger partial charge >= 0.3 is 0 Å². The summed E-state index contributed by atoms with van der Waals surface area (Å²) in [6, 6.07) is 14.7. The summed E-state index contributed by atoms with van der Waals surface area (Å²) in [4.78, 5) is 0.911. The maximum absolute atomic E-state index is 13.2. The van der Waals surface area contributed by atoms with Crippen molar-refractivity contribution < 1.29 is 8.42 Å². The predicted octanol–water partition coefficient (Wildman–Crippen LogP) is 4.87. The molecule has 27 heavy (non-hydrogen) atoms.